The smallest absolute Gasteiger partial charge is 0.134 e. The summed E-state index contributed by atoms with van der Waals surface area (Å²) in [6, 6.07) is 2.75. The van der Waals surface area contributed by atoms with Gasteiger partial charge >= 0.3 is 0 Å². The Bertz CT molecular complexity index is 426. The number of hydrogen-bond acceptors (Lipinski definition) is 5. The van der Waals surface area contributed by atoms with Crippen molar-refractivity contribution in [3.05, 3.63) is 11.9 Å². The van der Waals surface area contributed by atoms with Crippen molar-refractivity contribution in [2.24, 2.45) is 0 Å². The van der Waals surface area contributed by atoms with Crippen molar-refractivity contribution in [3.8, 4) is 0 Å². The second kappa shape index (κ2) is 6.88. The molecule has 2 heterocycles. The van der Waals surface area contributed by atoms with Crippen LogP contribution in [0.2, 0.25) is 0 Å². The van der Waals surface area contributed by atoms with Crippen molar-refractivity contribution in [1.82, 2.24) is 14.9 Å². The molecule has 0 spiro atoms. The minimum atomic E-state index is 0.682. The maximum atomic E-state index is 4.59. The van der Waals surface area contributed by atoms with Gasteiger partial charge in [-0.1, -0.05) is 6.92 Å². The molecule has 5 heteroatoms. The first-order valence-corrected chi connectivity index (χ1v) is 7.72. The monoisotopic (exact) mass is 277 g/mol. The van der Waals surface area contributed by atoms with Gasteiger partial charge in [0.1, 0.15) is 17.5 Å². The van der Waals surface area contributed by atoms with E-state index in [1.54, 1.807) is 0 Å². The van der Waals surface area contributed by atoms with Gasteiger partial charge in [-0.25, -0.2) is 9.97 Å². The third kappa shape index (κ3) is 3.60. The van der Waals surface area contributed by atoms with E-state index in [1.807, 2.05) is 6.92 Å². The average Bonchev–Trinajstić information content (AvgIpc) is 2.46. The van der Waals surface area contributed by atoms with Gasteiger partial charge in [-0.15, -0.1) is 0 Å². The summed E-state index contributed by atoms with van der Waals surface area (Å²) in [4.78, 5) is 13.9. The van der Waals surface area contributed by atoms with Gasteiger partial charge in [0.05, 0.1) is 0 Å². The maximum absolute atomic E-state index is 4.59. The highest BCUT2D eigenvalue weighted by Crippen LogP contribution is 2.18. The molecule has 20 heavy (non-hydrogen) atoms. The van der Waals surface area contributed by atoms with Gasteiger partial charge in [0, 0.05) is 44.8 Å². The number of aryl methyl sites for hydroxylation is 1. The molecule has 1 unspecified atom stereocenters. The molecule has 1 aliphatic rings. The summed E-state index contributed by atoms with van der Waals surface area (Å²) in [7, 11) is 0. The molecule has 5 nitrogen and oxygen atoms in total. The van der Waals surface area contributed by atoms with Gasteiger partial charge < -0.3 is 10.2 Å². The highest BCUT2D eigenvalue weighted by atomic mass is 15.3. The fraction of sp³-hybridized carbons (Fsp3) is 0.733. The largest absolute Gasteiger partial charge is 0.370 e. The zero-order valence-corrected chi connectivity index (χ0v) is 13.2. The molecule has 0 amide bonds. The van der Waals surface area contributed by atoms with Crippen molar-refractivity contribution in [2.75, 3.05) is 42.9 Å². The first-order valence-electron chi connectivity index (χ1n) is 7.72. The Kier molecular flexibility index (Phi) is 5.17. The second-order valence-corrected chi connectivity index (χ2v) is 5.47. The van der Waals surface area contributed by atoms with Crippen LogP contribution < -0.4 is 10.2 Å². The number of nitrogens with zero attached hydrogens (tertiary/aromatic N) is 4. The number of piperazine rings is 1. The Morgan fingerprint density at radius 1 is 1.20 bits per heavy atom. The molecule has 1 fully saturated rings. The molecular formula is C15H27N5. The third-order valence-corrected chi connectivity index (χ3v) is 4.03. The van der Waals surface area contributed by atoms with E-state index in [0.717, 1.165) is 50.2 Å². The fourth-order valence-corrected chi connectivity index (χ4v) is 2.64. The molecule has 0 aromatic carbocycles. The van der Waals surface area contributed by atoms with Crippen LogP contribution in [0.5, 0.6) is 0 Å². The Labute approximate surface area is 122 Å². The van der Waals surface area contributed by atoms with Gasteiger partial charge in [0.15, 0.2) is 0 Å². The van der Waals surface area contributed by atoms with Crippen LogP contribution in [0.4, 0.5) is 11.6 Å². The fourth-order valence-electron chi connectivity index (χ4n) is 2.64. The molecule has 1 atom stereocenters. The molecule has 112 valence electrons. The number of rotatable bonds is 5. The summed E-state index contributed by atoms with van der Waals surface area (Å²) in [5.74, 6) is 2.82. The van der Waals surface area contributed by atoms with Gasteiger partial charge in [-0.05, 0) is 27.2 Å². The lowest BCUT2D eigenvalue weighted by atomic mass is 10.2. The molecule has 2 rings (SSSR count). The van der Waals surface area contributed by atoms with E-state index in [0.29, 0.717) is 6.04 Å². The number of nitrogens with one attached hydrogen (secondary N) is 1. The van der Waals surface area contributed by atoms with Crippen molar-refractivity contribution in [1.29, 1.82) is 0 Å². The van der Waals surface area contributed by atoms with Gasteiger partial charge in [0.25, 0.3) is 0 Å². The summed E-state index contributed by atoms with van der Waals surface area (Å²) in [6.45, 7) is 13.8. The standard InChI is InChI=1S/C15H27N5/c1-5-12(3)19-7-9-20(10-8-19)15-11-14(16-6-2)17-13(4)18-15/h11-12H,5-10H2,1-4H3,(H,16,17,18). The Balaban J connectivity index is 2.03. The number of aromatic nitrogens is 2. The number of anilines is 2. The molecular weight excluding hydrogens is 250 g/mol. The molecule has 0 radical (unpaired) electrons. The summed E-state index contributed by atoms with van der Waals surface area (Å²) in [5.41, 5.74) is 0. The lowest BCUT2D eigenvalue weighted by Gasteiger charge is -2.38. The Morgan fingerprint density at radius 2 is 1.90 bits per heavy atom. The van der Waals surface area contributed by atoms with Gasteiger partial charge in [-0.3, -0.25) is 4.90 Å². The Hall–Kier alpha value is -1.36. The van der Waals surface area contributed by atoms with E-state index in [4.69, 9.17) is 0 Å². The summed E-state index contributed by atoms with van der Waals surface area (Å²) in [5, 5.41) is 3.28. The minimum Gasteiger partial charge on any atom is -0.370 e. The maximum Gasteiger partial charge on any atom is 0.134 e. The normalized spacial score (nSPS) is 18.1. The van der Waals surface area contributed by atoms with Crippen molar-refractivity contribution in [2.45, 2.75) is 40.2 Å². The zero-order chi connectivity index (χ0) is 14.5. The van der Waals surface area contributed by atoms with Crippen LogP contribution in [0, 0.1) is 6.92 Å². The SMILES string of the molecule is CCNc1cc(N2CCN(C(C)CC)CC2)nc(C)n1. The highest BCUT2D eigenvalue weighted by molar-refractivity contribution is 5.49. The van der Waals surface area contributed by atoms with Crippen molar-refractivity contribution < 1.29 is 0 Å². The molecule has 1 N–H and O–H groups in total. The zero-order valence-electron chi connectivity index (χ0n) is 13.2. The van der Waals surface area contributed by atoms with Crippen LogP contribution >= 0.6 is 0 Å². The van der Waals surface area contributed by atoms with E-state index in [2.05, 4.69) is 51.9 Å². The van der Waals surface area contributed by atoms with Crippen LogP contribution in [0.3, 0.4) is 0 Å². The first kappa shape index (κ1) is 15.0. The third-order valence-electron chi connectivity index (χ3n) is 4.03. The van der Waals surface area contributed by atoms with E-state index in [9.17, 15) is 0 Å². The highest BCUT2D eigenvalue weighted by Gasteiger charge is 2.21. The lowest BCUT2D eigenvalue weighted by Crippen LogP contribution is -2.49. The van der Waals surface area contributed by atoms with Crippen LogP contribution in [0.15, 0.2) is 6.07 Å². The second-order valence-electron chi connectivity index (χ2n) is 5.47. The van der Waals surface area contributed by atoms with Crippen molar-refractivity contribution >= 4 is 11.6 Å². The predicted molar refractivity (Wildman–Crippen MR) is 84.5 cm³/mol. The molecule has 1 saturated heterocycles. The molecule has 0 bridgehead atoms. The molecule has 0 aliphatic carbocycles. The van der Waals surface area contributed by atoms with E-state index in [1.165, 1.54) is 6.42 Å². The summed E-state index contributed by atoms with van der Waals surface area (Å²) < 4.78 is 0. The molecule has 1 aromatic rings. The van der Waals surface area contributed by atoms with E-state index < -0.39 is 0 Å². The molecule has 1 aliphatic heterocycles. The molecule has 0 saturated carbocycles. The summed E-state index contributed by atoms with van der Waals surface area (Å²) >= 11 is 0. The van der Waals surface area contributed by atoms with Crippen LogP contribution in [-0.4, -0.2) is 53.6 Å². The van der Waals surface area contributed by atoms with E-state index >= 15 is 0 Å². The van der Waals surface area contributed by atoms with Crippen molar-refractivity contribution in [3.63, 3.8) is 0 Å². The van der Waals surface area contributed by atoms with Gasteiger partial charge in [0.2, 0.25) is 0 Å². The topological polar surface area (TPSA) is 44.3 Å². The van der Waals surface area contributed by atoms with E-state index in [-0.39, 0.29) is 0 Å². The minimum absolute atomic E-state index is 0.682. The molecule has 1 aromatic heterocycles. The first-order chi connectivity index (χ1) is 9.63. The Morgan fingerprint density at radius 3 is 2.50 bits per heavy atom. The average molecular weight is 277 g/mol. The lowest BCUT2D eigenvalue weighted by molar-refractivity contribution is 0.192. The van der Waals surface area contributed by atoms with Crippen LogP contribution in [-0.2, 0) is 0 Å². The predicted octanol–water partition coefficient (Wildman–Crippen LogP) is 2.14. The number of hydrogen-bond donors (Lipinski definition) is 1. The van der Waals surface area contributed by atoms with Gasteiger partial charge in [-0.2, -0.15) is 0 Å². The summed E-state index contributed by atoms with van der Waals surface area (Å²) in [6.07, 6.45) is 1.22. The quantitative estimate of drug-likeness (QED) is 0.893. The van der Waals surface area contributed by atoms with Crippen LogP contribution in [0.1, 0.15) is 33.0 Å². The van der Waals surface area contributed by atoms with Crippen LogP contribution in [0.25, 0.3) is 0 Å².